The molecule has 0 aliphatic heterocycles. The molecule has 2 aromatic rings. The van der Waals surface area contributed by atoms with E-state index in [4.69, 9.17) is 0 Å². The first-order valence-electron chi connectivity index (χ1n) is 8.54. The third-order valence-corrected chi connectivity index (χ3v) is 4.52. The van der Waals surface area contributed by atoms with Gasteiger partial charge in [0.05, 0.1) is 17.2 Å². The minimum atomic E-state index is -0.531. The second-order valence-electron chi connectivity index (χ2n) is 7.55. The molecule has 1 aromatic heterocycles. The van der Waals surface area contributed by atoms with Gasteiger partial charge in [0, 0.05) is 17.3 Å². The van der Waals surface area contributed by atoms with Crippen molar-refractivity contribution >= 4 is 16.7 Å². The van der Waals surface area contributed by atoms with Crippen LogP contribution in [0.1, 0.15) is 33.4 Å². The van der Waals surface area contributed by atoms with Crippen LogP contribution in [0.25, 0.3) is 10.8 Å². The molecule has 6 heteroatoms. The van der Waals surface area contributed by atoms with Gasteiger partial charge in [0.1, 0.15) is 6.54 Å². The Labute approximate surface area is 147 Å². The number of rotatable bonds is 6. The first-order chi connectivity index (χ1) is 11.6. The van der Waals surface area contributed by atoms with Crippen molar-refractivity contribution in [3.8, 4) is 0 Å². The van der Waals surface area contributed by atoms with Gasteiger partial charge in [-0.1, -0.05) is 45.9 Å². The fraction of sp³-hybridized carbons (Fsp3) is 0.526. The van der Waals surface area contributed by atoms with Crippen LogP contribution in [0.2, 0.25) is 0 Å². The van der Waals surface area contributed by atoms with Gasteiger partial charge >= 0.3 is 0 Å². The maximum Gasteiger partial charge on any atom is 0.275 e. The number of carbonyl (C=O) groups is 1. The monoisotopic (exact) mass is 345 g/mol. The summed E-state index contributed by atoms with van der Waals surface area (Å²) in [5.41, 5.74) is -0.0296. The van der Waals surface area contributed by atoms with Crippen molar-refractivity contribution in [1.29, 1.82) is 0 Å². The van der Waals surface area contributed by atoms with Crippen LogP contribution in [0.15, 0.2) is 29.1 Å². The van der Waals surface area contributed by atoms with E-state index in [1.165, 1.54) is 4.68 Å². The van der Waals surface area contributed by atoms with Crippen molar-refractivity contribution in [3.63, 3.8) is 0 Å². The average molecular weight is 345 g/mol. The molecule has 1 unspecified atom stereocenters. The van der Waals surface area contributed by atoms with Crippen molar-refractivity contribution < 1.29 is 9.90 Å². The molecule has 1 heterocycles. The van der Waals surface area contributed by atoms with Crippen molar-refractivity contribution in [2.75, 3.05) is 6.54 Å². The van der Waals surface area contributed by atoms with Crippen molar-refractivity contribution in [2.45, 2.75) is 47.3 Å². The molecule has 0 aliphatic rings. The van der Waals surface area contributed by atoms with Crippen LogP contribution in [0, 0.1) is 18.3 Å². The topological polar surface area (TPSA) is 84.2 Å². The molecule has 6 nitrogen and oxygen atoms in total. The summed E-state index contributed by atoms with van der Waals surface area (Å²) in [5.74, 6) is -0.201. The summed E-state index contributed by atoms with van der Waals surface area (Å²) in [4.78, 5) is 24.8. The molecule has 1 amide bonds. The largest absolute Gasteiger partial charge is 0.392 e. The molecule has 0 spiro atoms. The summed E-state index contributed by atoms with van der Waals surface area (Å²) < 4.78 is 1.19. The Balaban J connectivity index is 2.13. The van der Waals surface area contributed by atoms with E-state index in [1.54, 1.807) is 12.1 Å². The first kappa shape index (κ1) is 19.1. The number of hydrogen-bond donors (Lipinski definition) is 2. The zero-order valence-electron chi connectivity index (χ0n) is 15.5. The van der Waals surface area contributed by atoms with E-state index >= 15 is 0 Å². The van der Waals surface area contributed by atoms with E-state index in [0.29, 0.717) is 17.6 Å². The van der Waals surface area contributed by atoms with E-state index in [9.17, 15) is 14.7 Å². The van der Waals surface area contributed by atoms with E-state index in [2.05, 4.69) is 10.4 Å². The van der Waals surface area contributed by atoms with Gasteiger partial charge in [0.25, 0.3) is 5.56 Å². The fourth-order valence-corrected chi connectivity index (χ4v) is 3.04. The highest BCUT2D eigenvalue weighted by molar-refractivity contribution is 5.83. The quantitative estimate of drug-likeness (QED) is 0.837. The van der Waals surface area contributed by atoms with E-state index in [1.807, 2.05) is 46.8 Å². The van der Waals surface area contributed by atoms with Crippen LogP contribution in [0.5, 0.6) is 0 Å². The first-order valence-corrected chi connectivity index (χ1v) is 8.54. The maximum absolute atomic E-state index is 12.5. The molecule has 0 fully saturated rings. The minimum absolute atomic E-state index is 0.0966. The highest BCUT2D eigenvalue weighted by atomic mass is 16.3. The van der Waals surface area contributed by atoms with E-state index < -0.39 is 11.5 Å². The number of benzene rings is 1. The summed E-state index contributed by atoms with van der Waals surface area (Å²) in [6.45, 7) is 9.69. The minimum Gasteiger partial charge on any atom is -0.392 e. The van der Waals surface area contributed by atoms with Gasteiger partial charge in [-0.15, -0.1) is 0 Å². The van der Waals surface area contributed by atoms with E-state index in [0.717, 1.165) is 5.39 Å². The predicted molar refractivity (Wildman–Crippen MR) is 98.4 cm³/mol. The number of hydrogen-bond acceptors (Lipinski definition) is 4. The van der Waals surface area contributed by atoms with Crippen LogP contribution in [0.3, 0.4) is 0 Å². The van der Waals surface area contributed by atoms with Gasteiger partial charge in [-0.3, -0.25) is 9.59 Å². The van der Waals surface area contributed by atoms with Gasteiger partial charge in [-0.25, -0.2) is 4.68 Å². The lowest BCUT2D eigenvalue weighted by Gasteiger charge is -2.33. The molecular weight excluding hydrogens is 318 g/mol. The number of nitrogens with one attached hydrogen (secondary N) is 1. The number of fused-ring (bicyclic) bond motifs is 1. The second kappa shape index (κ2) is 7.35. The summed E-state index contributed by atoms with van der Waals surface area (Å²) in [6.07, 6.45) is -0.531. The molecule has 25 heavy (non-hydrogen) atoms. The Bertz CT molecular complexity index is 824. The average Bonchev–Trinajstić information content (AvgIpc) is 2.57. The van der Waals surface area contributed by atoms with Gasteiger partial charge < -0.3 is 10.4 Å². The van der Waals surface area contributed by atoms with E-state index in [-0.39, 0.29) is 23.9 Å². The molecule has 136 valence electrons. The second-order valence-corrected chi connectivity index (χ2v) is 7.55. The number of carbonyl (C=O) groups excluding carboxylic acids is 1. The molecule has 0 saturated carbocycles. The lowest BCUT2D eigenvalue weighted by atomic mass is 9.81. The van der Waals surface area contributed by atoms with Crippen molar-refractivity contribution in [2.24, 2.45) is 11.3 Å². The standard InChI is InChI=1S/C19H27N3O3/c1-12(2)17(24)19(4,5)11-20-16(23)10-22-18(25)15-9-7-6-8-14(15)13(3)21-22/h6-9,12,17,24H,10-11H2,1-5H3,(H,20,23). The molecule has 1 atom stereocenters. The zero-order valence-corrected chi connectivity index (χ0v) is 15.5. The van der Waals surface area contributed by atoms with Gasteiger partial charge in [-0.2, -0.15) is 5.10 Å². The molecule has 0 saturated heterocycles. The maximum atomic E-state index is 12.5. The van der Waals surface area contributed by atoms with Gasteiger partial charge in [-0.05, 0) is 18.9 Å². The van der Waals surface area contributed by atoms with Crippen LogP contribution in [-0.4, -0.2) is 33.4 Å². The smallest absolute Gasteiger partial charge is 0.275 e. The number of aliphatic hydroxyl groups excluding tert-OH is 1. The Morgan fingerprint density at radius 2 is 1.88 bits per heavy atom. The Morgan fingerprint density at radius 1 is 1.28 bits per heavy atom. The van der Waals surface area contributed by atoms with Crippen LogP contribution < -0.4 is 10.9 Å². The van der Waals surface area contributed by atoms with Crippen molar-refractivity contribution in [3.05, 3.63) is 40.3 Å². The highest BCUT2D eigenvalue weighted by Crippen LogP contribution is 2.25. The number of aliphatic hydroxyl groups is 1. The summed E-state index contributed by atoms with van der Waals surface area (Å²) in [6, 6.07) is 7.24. The van der Waals surface area contributed by atoms with Crippen LogP contribution in [-0.2, 0) is 11.3 Å². The molecular formula is C19H27N3O3. The molecule has 0 aliphatic carbocycles. The molecule has 0 bridgehead atoms. The van der Waals surface area contributed by atoms with Crippen molar-refractivity contribution in [1.82, 2.24) is 15.1 Å². The predicted octanol–water partition coefficient (Wildman–Crippen LogP) is 1.86. The number of amides is 1. The highest BCUT2D eigenvalue weighted by Gasteiger charge is 2.30. The Kier molecular flexibility index (Phi) is 5.62. The van der Waals surface area contributed by atoms with Crippen LogP contribution in [0.4, 0.5) is 0 Å². The number of aryl methyl sites for hydroxylation is 1. The number of aromatic nitrogens is 2. The third-order valence-electron chi connectivity index (χ3n) is 4.52. The van der Waals surface area contributed by atoms with Gasteiger partial charge in [0.2, 0.25) is 5.91 Å². The molecule has 2 rings (SSSR count). The van der Waals surface area contributed by atoms with Crippen LogP contribution >= 0.6 is 0 Å². The normalized spacial score (nSPS) is 13.2. The SMILES string of the molecule is Cc1nn(CC(=O)NCC(C)(C)C(O)C(C)C)c(=O)c2ccccc12. The molecule has 0 radical (unpaired) electrons. The summed E-state index contributed by atoms with van der Waals surface area (Å²) >= 11 is 0. The molecule has 1 aromatic carbocycles. The van der Waals surface area contributed by atoms with Gasteiger partial charge in [0.15, 0.2) is 0 Å². The lowest BCUT2D eigenvalue weighted by Crippen LogP contribution is -2.45. The lowest BCUT2D eigenvalue weighted by molar-refractivity contribution is -0.122. The Morgan fingerprint density at radius 3 is 2.48 bits per heavy atom. The Hall–Kier alpha value is -2.21. The fourth-order valence-electron chi connectivity index (χ4n) is 3.04. The molecule has 2 N–H and O–H groups in total. The zero-order chi connectivity index (χ0) is 18.8. The number of nitrogens with zero attached hydrogens (tertiary/aromatic N) is 2. The third kappa shape index (κ3) is 4.25. The summed E-state index contributed by atoms with van der Waals surface area (Å²) in [5, 5.41) is 18.6. The summed E-state index contributed by atoms with van der Waals surface area (Å²) in [7, 11) is 0.